The molecule has 19 heavy (non-hydrogen) atoms. The van der Waals surface area contributed by atoms with Crippen molar-refractivity contribution in [2.45, 2.75) is 64.8 Å². The first-order chi connectivity index (χ1) is 8.70. The minimum Gasteiger partial charge on any atom is -0.332 e. The summed E-state index contributed by atoms with van der Waals surface area (Å²) in [6.45, 7) is 13.2. The van der Waals surface area contributed by atoms with Gasteiger partial charge in [-0.15, -0.1) is 0 Å². The molecule has 2 rings (SSSR count). The Kier molecular flexibility index (Phi) is 3.89. The normalized spacial score (nSPS) is 29.4. The topological polar surface area (TPSA) is 44.7 Å². The smallest absolute Gasteiger partial charge is 0.101 e. The monoisotopic (exact) mass is 283 g/mol. The van der Waals surface area contributed by atoms with E-state index in [1.54, 1.807) is 0 Å². The summed E-state index contributed by atoms with van der Waals surface area (Å²) in [6.07, 6.45) is 0.949. The van der Waals surface area contributed by atoms with E-state index < -0.39 is 11.0 Å². The van der Waals surface area contributed by atoms with Gasteiger partial charge in [0.15, 0.2) is 0 Å². The zero-order chi connectivity index (χ0) is 14.4. The number of aliphatic imine (C=N–C) groups is 1. The fraction of sp³-hybridized carbons (Fsp3) is 0.786. The van der Waals surface area contributed by atoms with Crippen LogP contribution >= 0.6 is 0 Å². The molecule has 0 aromatic heterocycles. The number of rotatable bonds is 2. The van der Waals surface area contributed by atoms with E-state index in [-0.39, 0.29) is 16.8 Å². The minimum atomic E-state index is -1.01. The first kappa shape index (κ1) is 14.7. The van der Waals surface area contributed by atoms with Crippen LogP contribution in [0.25, 0.3) is 0 Å². The summed E-state index contributed by atoms with van der Waals surface area (Å²) in [5.74, 6) is 1.08. The number of hydrogen-bond donors (Lipinski definition) is 1. The van der Waals surface area contributed by atoms with E-state index in [2.05, 4.69) is 35.4 Å². The van der Waals surface area contributed by atoms with Crippen LogP contribution in [-0.2, 0) is 11.0 Å². The lowest BCUT2D eigenvalue weighted by atomic mass is 10.0. The van der Waals surface area contributed by atoms with Crippen molar-refractivity contribution in [3.8, 4) is 0 Å². The lowest BCUT2D eigenvalue weighted by Crippen LogP contribution is -2.41. The molecular formula is C14H25N3OS. The molecule has 2 aliphatic heterocycles. The fourth-order valence-corrected chi connectivity index (χ4v) is 3.35. The molecule has 0 aromatic carbocycles. The summed E-state index contributed by atoms with van der Waals surface area (Å²) in [5.41, 5.74) is 2.71. The molecule has 0 radical (unpaired) electrons. The van der Waals surface area contributed by atoms with Gasteiger partial charge in [-0.2, -0.15) is 0 Å². The van der Waals surface area contributed by atoms with Crippen LogP contribution in [0.3, 0.4) is 0 Å². The average Bonchev–Trinajstić information content (AvgIpc) is 2.69. The maximum absolute atomic E-state index is 12.2. The number of hydrogen-bond acceptors (Lipinski definition) is 3. The summed E-state index contributed by atoms with van der Waals surface area (Å²) in [6, 6.07) is 0.526. The molecule has 3 atom stereocenters. The second-order valence-electron chi connectivity index (χ2n) is 6.49. The Balaban J connectivity index is 2.11. The van der Waals surface area contributed by atoms with Gasteiger partial charge in [0, 0.05) is 24.7 Å². The van der Waals surface area contributed by atoms with Gasteiger partial charge in [0.25, 0.3) is 0 Å². The van der Waals surface area contributed by atoms with E-state index >= 15 is 0 Å². The molecule has 2 heterocycles. The molecule has 2 aliphatic rings. The molecular weight excluding hydrogens is 258 g/mol. The Morgan fingerprint density at radius 2 is 2.00 bits per heavy atom. The Hall–Kier alpha value is -0.680. The van der Waals surface area contributed by atoms with Crippen LogP contribution in [0.2, 0.25) is 0 Å². The minimum absolute atomic E-state index is 0.219. The van der Waals surface area contributed by atoms with Crippen LogP contribution in [0.5, 0.6) is 0 Å². The van der Waals surface area contributed by atoms with Gasteiger partial charge in [-0.1, -0.05) is 0 Å². The lowest BCUT2D eigenvalue weighted by Gasteiger charge is -2.28. The van der Waals surface area contributed by atoms with Crippen molar-refractivity contribution < 1.29 is 4.21 Å². The molecule has 3 unspecified atom stereocenters. The highest BCUT2D eigenvalue weighted by molar-refractivity contribution is 7.84. The van der Waals surface area contributed by atoms with Gasteiger partial charge in [-0.05, 0) is 47.1 Å². The number of nitrogens with zero attached hydrogens (tertiary/aromatic N) is 2. The van der Waals surface area contributed by atoms with Crippen LogP contribution in [0.1, 0.15) is 48.0 Å². The highest BCUT2D eigenvalue weighted by atomic mass is 32.2. The van der Waals surface area contributed by atoms with Crippen molar-refractivity contribution >= 4 is 16.8 Å². The highest BCUT2D eigenvalue weighted by Crippen LogP contribution is 2.31. The first-order valence-corrected chi connectivity index (χ1v) is 8.04. The molecule has 108 valence electrons. The van der Waals surface area contributed by atoms with Crippen LogP contribution < -0.4 is 4.72 Å². The zero-order valence-electron chi connectivity index (χ0n) is 12.8. The summed E-state index contributed by atoms with van der Waals surface area (Å²) >= 11 is 0. The Labute approximate surface area is 118 Å². The first-order valence-electron chi connectivity index (χ1n) is 6.89. The second-order valence-corrected chi connectivity index (χ2v) is 8.49. The lowest BCUT2D eigenvalue weighted by molar-refractivity contribution is 0.517. The summed E-state index contributed by atoms with van der Waals surface area (Å²) in [4.78, 5) is 6.92. The van der Waals surface area contributed by atoms with E-state index in [0.717, 1.165) is 18.8 Å². The number of nitrogens with one attached hydrogen (secondary N) is 1. The summed E-state index contributed by atoms with van der Waals surface area (Å²) in [7, 11) is -1.01. The second kappa shape index (κ2) is 5.02. The fourth-order valence-electron chi connectivity index (χ4n) is 2.53. The molecule has 0 amide bonds. The predicted molar refractivity (Wildman–Crippen MR) is 81.4 cm³/mol. The van der Waals surface area contributed by atoms with Gasteiger partial charge < -0.3 is 4.90 Å². The molecule has 1 N–H and O–H groups in total. The van der Waals surface area contributed by atoms with Crippen molar-refractivity contribution in [3.05, 3.63) is 11.3 Å². The summed E-state index contributed by atoms with van der Waals surface area (Å²) in [5, 5.41) is 0. The molecule has 0 saturated carbocycles. The Morgan fingerprint density at radius 1 is 1.37 bits per heavy atom. The zero-order valence-corrected chi connectivity index (χ0v) is 13.6. The third-order valence-electron chi connectivity index (χ3n) is 3.85. The Bertz CT molecular complexity index is 462. The highest BCUT2D eigenvalue weighted by Gasteiger charge is 2.35. The quantitative estimate of drug-likeness (QED) is 0.844. The van der Waals surface area contributed by atoms with Crippen molar-refractivity contribution in [3.63, 3.8) is 0 Å². The molecule has 0 bridgehead atoms. The van der Waals surface area contributed by atoms with Gasteiger partial charge in [-0.3, -0.25) is 4.99 Å². The van der Waals surface area contributed by atoms with Gasteiger partial charge in [0.1, 0.15) is 5.84 Å². The SMILES string of the molecule is CC1=NC(C)C(C)=C2CC(NS(=O)C(C)(C)C)CN12. The third kappa shape index (κ3) is 2.92. The van der Waals surface area contributed by atoms with Crippen LogP contribution in [0.4, 0.5) is 0 Å². The molecule has 5 heteroatoms. The Morgan fingerprint density at radius 3 is 2.58 bits per heavy atom. The standard InChI is InChI=1S/C14H25N3OS/c1-9-10(2)15-11(3)17-8-12(7-13(9)17)16-19(18)14(4,5)6/h10,12,16H,7-8H2,1-6H3. The largest absolute Gasteiger partial charge is 0.332 e. The maximum atomic E-state index is 12.2. The molecule has 1 fully saturated rings. The molecule has 1 saturated heterocycles. The average molecular weight is 283 g/mol. The van der Waals surface area contributed by atoms with Gasteiger partial charge in [-0.25, -0.2) is 8.93 Å². The molecule has 0 aromatic rings. The van der Waals surface area contributed by atoms with Crippen LogP contribution in [-0.4, -0.2) is 38.3 Å². The van der Waals surface area contributed by atoms with Crippen molar-refractivity contribution in [1.82, 2.24) is 9.62 Å². The van der Waals surface area contributed by atoms with E-state index in [1.807, 2.05) is 20.8 Å². The van der Waals surface area contributed by atoms with Gasteiger partial charge in [0.05, 0.1) is 21.8 Å². The summed E-state index contributed by atoms with van der Waals surface area (Å²) < 4.78 is 15.2. The number of fused-ring (bicyclic) bond motifs is 1. The van der Waals surface area contributed by atoms with Crippen molar-refractivity contribution in [2.24, 2.45) is 4.99 Å². The van der Waals surface area contributed by atoms with E-state index in [9.17, 15) is 4.21 Å². The maximum Gasteiger partial charge on any atom is 0.101 e. The third-order valence-corrected chi connectivity index (χ3v) is 5.51. The van der Waals surface area contributed by atoms with E-state index in [0.29, 0.717) is 0 Å². The van der Waals surface area contributed by atoms with Crippen molar-refractivity contribution in [2.75, 3.05) is 6.54 Å². The van der Waals surface area contributed by atoms with Crippen LogP contribution in [0.15, 0.2) is 16.3 Å². The van der Waals surface area contributed by atoms with E-state index in [1.165, 1.54) is 11.3 Å². The predicted octanol–water partition coefficient (Wildman–Crippen LogP) is 2.21. The molecule has 0 aliphatic carbocycles. The van der Waals surface area contributed by atoms with Crippen LogP contribution in [0, 0.1) is 0 Å². The molecule has 0 spiro atoms. The van der Waals surface area contributed by atoms with Gasteiger partial charge in [0.2, 0.25) is 0 Å². The molecule has 4 nitrogen and oxygen atoms in total. The number of amidine groups is 1. The van der Waals surface area contributed by atoms with Gasteiger partial charge >= 0.3 is 0 Å². The van der Waals surface area contributed by atoms with E-state index in [4.69, 9.17) is 0 Å². The van der Waals surface area contributed by atoms with Crippen molar-refractivity contribution in [1.29, 1.82) is 0 Å².